The van der Waals surface area contributed by atoms with Crippen LogP contribution in [-0.2, 0) is 6.54 Å². The molecule has 0 aliphatic carbocycles. The van der Waals surface area contributed by atoms with Crippen molar-refractivity contribution < 1.29 is 9.32 Å². The number of carbonyl (C=O) groups is 1. The van der Waals surface area contributed by atoms with Crippen LogP contribution in [0.1, 0.15) is 16.1 Å². The van der Waals surface area contributed by atoms with Crippen molar-refractivity contribution >= 4 is 11.6 Å². The summed E-state index contributed by atoms with van der Waals surface area (Å²) in [4.78, 5) is 15.7. The molecular formula is C10H10N4O2. The molecule has 16 heavy (non-hydrogen) atoms. The quantitative estimate of drug-likeness (QED) is 0.793. The first-order valence-electron chi connectivity index (χ1n) is 4.65. The number of rotatable bonds is 3. The maximum Gasteiger partial charge on any atom is 0.255 e. The molecule has 2 heterocycles. The lowest BCUT2D eigenvalue weighted by atomic mass is 10.2. The number of aromatic nitrogens is 2. The first kappa shape index (κ1) is 10.3. The zero-order chi connectivity index (χ0) is 11.4. The predicted octanol–water partition coefficient (Wildman–Crippen LogP) is 0.781. The number of pyridine rings is 1. The van der Waals surface area contributed by atoms with Crippen LogP contribution in [-0.4, -0.2) is 16.0 Å². The highest BCUT2D eigenvalue weighted by molar-refractivity contribution is 6.04. The summed E-state index contributed by atoms with van der Waals surface area (Å²) in [6, 6.07) is 3.25. The van der Waals surface area contributed by atoms with Crippen molar-refractivity contribution in [2.24, 2.45) is 5.73 Å². The third kappa shape index (κ3) is 2.23. The molecule has 1 amide bonds. The summed E-state index contributed by atoms with van der Waals surface area (Å²) in [5.41, 5.74) is 7.11. The SMILES string of the molecule is NCc1cc(C(=O)Nc2cnoc2)ccn1. The number of anilines is 1. The van der Waals surface area contributed by atoms with Crippen LogP contribution in [0.2, 0.25) is 0 Å². The Morgan fingerprint density at radius 2 is 2.44 bits per heavy atom. The Kier molecular flexibility index (Phi) is 2.93. The van der Waals surface area contributed by atoms with Crippen LogP contribution in [0.15, 0.2) is 35.3 Å². The third-order valence-electron chi connectivity index (χ3n) is 1.98. The average Bonchev–Trinajstić information content (AvgIpc) is 2.82. The second-order valence-electron chi connectivity index (χ2n) is 3.11. The molecule has 3 N–H and O–H groups in total. The van der Waals surface area contributed by atoms with Gasteiger partial charge in [-0.2, -0.15) is 0 Å². The summed E-state index contributed by atoms with van der Waals surface area (Å²) in [6.45, 7) is 0.300. The Labute approximate surface area is 91.5 Å². The Hall–Kier alpha value is -2.21. The molecule has 0 aliphatic heterocycles. The molecule has 0 saturated heterocycles. The minimum Gasteiger partial charge on any atom is -0.363 e. The van der Waals surface area contributed by atoms with Gasteiger partial charge in [0.1, 0.15) is 12.0 Å². The molecule has 2 aromatic rings. The standard InChI is InChI=1S/C10H10N4O2/c11-4-8-3-7(1-2-12-8)10(15)14-9-5-13-16-6-9/h1-3,5-6H,4,11H2,(H,14,15). The molecule has 0 aliphatic rings. The van der Waals surface area contributed by atoms with Crippen molar-refractivity contribution in [2.75, 3.05) is 5.32 Å². The van der Waals surface area contributed by atoms with E-state index >= 15 is 0 Å². The van der Waals surface area contributed by atoms with Crippen molar-refractivity contribution in [1.82, 2.24) is 10.1 Å². The summed E-state index contributed by atoms with van der Waals surface area (Å²) in [6.07, 6.45) is 4.32. The lowest BCUT2D eigenvalue weighted by Gasteiger charge is -2.02. The number of nitrogens with two attached hydrogens (primary N) is 1. The van der Waals surface area contributed by atoms with E-state index in [0.717, 1.165) is 0 Å². The van der Waals surface area contributed by atoms with Gasteiger partial charge in [-0.1, -0.05) is 5.16 Å². The zero-order valence-corrected chi connectivity index (χ0v) is 8.38. The van der Waals surface area contributed by atoms with E-state index in [9.17, 15) is 4.79 Å². The van der Waals surface area contributed by atoms with E-state index < -0.39 is 0 Å². The predicted molar refractivity (Wildman–Crippen MR) is 56.6 cm³/mol. The minimum absolute atomic E-state index is 0.250. The zero-order valence-electron chi connectivity index (χ0n) is 8.38. The number of nitrogens with one attached hydrogen (secondary N) is 1. The first-order valence-corrected chi connectivity index (χ1v) is 4.65. The van der Waals surface area contributed by atoms with Crippen molar-refractivity contribution in [1.29, 1.82) is 0 Å². The van der Waals surface area contributed by atoms with Crippen LogP contribution in [0.5, 0.6) is 0 Å². The van der Waals surface area contributed by atoms with Crippen LogP contribution in [0.4, 0.5) is 5.69 Å². The van der Waals surface area contributed by atoms with Gasteiger partial charge in [-0.3, -0.25) is 9.78 Å². The fraction of sp³-hybridized carbons (Fsp3) is 0.100. The van der Waals surface area contributed by atoms with E-state index in [1.807, 2.05) is 0 Å². The molecule has 0 atom stereocenters. The summed E-state index contributed by atoms with van der Waals surface area (Å²) in [5, 5.41) is 6.11. The smallest absolute Gasteiger partial charge is 0.255 e. The van der Waals surface area contributed by atoms with Crippen LogP contribution < -0.4 is 11.1 Å². The normalized spacial score (nSPS) is 10.1. The van der Waals surface area contributed by atoms with Crippen molar-refractivity contribution in [2.45, 2.75) is 6.54 Å². The summed E-state index contributed by atoms with van der Waals surface area (Å²) in [7, 11) is 0. The highest BCUT2D eigenvalue weighted by Crippen LogP contribution is 2.08. The van der Waals surface area contributed by atoms with Crippen molar-refractivity contribution in [3.8, 4) is 0 Å². The maximum absolute atomic E-state index is 11.7. The topological polar surface area (TPSA) is 94.0 Å². The Morgan fingerprint density at radius 3 is 3.12 bits per heavy atom. The number of carbonyl (C=O) groups excluding carboxylic acids is 1. The number of nitrogens with zero attached hydrogens (tertiary/aromatic N) is 2. The molecule has 82 valence electrons. The van der Waals surface area contributed by atoms with Gasteiger partial charge in [0.05, 0.1) is 11.9 Å². The first-order chi connectivity index (χ1) is 7.79. The van der Waals surface area contributed by atoms with Gasteiger partial charge in [0.2, 0.25) is 0 Å². The molecule has 2 rings (SSSR count). The van der Waals surface area contributed by atoms with Gasteiger partial charge < -0.3 is 15.6 Å². The van der Waals surface area contributed by atoms with Crippen molar-refractivity contribution in [3.63, 3.8) is 0 Å². The van der Waals surface area contributed by atoms with Crippen molar-refractivity contribution in [3.05, 3.63) is 42.0 Å². The second kappa shape index (κ2) is 4.54. The van der Waals surface area contributed by atoms with Gasteiger partial charge in [-0.15, -0.1) is 0 Å². The molecule has 0 bridgehead atoms. The van der Waals surface area contributed by atoms with E-state index in [0.29, 0.717) is 23.5 Å². The lowest BCUT2D eigenvalue weighted by molar-refractivity contribution is 0.102. The van der Waals surface area contributed by atoms with E-state index in [2.05, 4.69) is 20.0 Å². The summed E-state index contributed by atoms with van der Waals surface area (Å²) >= 11 is 0. The number of hydrogen-bond donors (Lipinski definition) is 2. The molecule has 6 heteroatoms. The largest absolute Gasteiger partial charge is 0.363 e. The van der Waals surface area contributed by atoms with Gasteiger partial charge >= 0.3 is 0 Å². The number of amides is 1. The molecule has 0 spiro atoms. The molecule has 0 aromatic carbocycles. The van der Waals surface area contributed by atoms with E-state index in [-0.39, 0.29) is 5.91 Å². The fourth-order valence-corrected chi connectivity index (χ4v) is 1.20. The molecule has 0 saturated carbocycles. The fourth-order valence-electron chi connectivity index (χ4n) is 1.20. The van der Waals surface area contributed by atoms with Crippen LogP contribution >= 0.6 is 0 Å². The maximum atomic E-state index is 11.7. The summed E-state index contributed by atoms with van der Waals surface area (Å²) in [5.74, 6) is -0.250. The van der Waals surface area contributed by atoms with Crippen LogP contribution in [0.25, 0.3) is 0 Å². The monoisotopic (exact) mass is 218 g/mol. The average molecular weight is 218 g/mol. The molecule has 0 fully saturated rings. The van der Waals surface area contributed by atoms with Gasteiger partial charge in [0.15, 0.2) is 0 Å². The highest BCUT2D eigenvalue weighted by Gasteiger charge is 2.07. The highest BCUT2D eigenvalue weighted by atomic mass is 16.5. The minimum atomic E-state index is -0.250. The third-order valence-corrected chi connectivity index (χ3v) is 1.98. The van der Waals surface area contributed by atoms with Gasteiger partial charge in [0, 0.05) is 18.3 Å². The van der Waals surface area contributed by atoms with Gasteiger partial charge in [-0.05, 0) is 12.1 Å². The Bertz CT molecular complexity index is 481. The molecular weight excluding hydrogens is 208 g/mol. The lowest BCUT2D eigenvalue weighted by Crippen LogP contribution is -2.12. The molecule has 0 radical (unpaired) electrons. The number of hydrogen-bond acceptors (Lipinski definition) is 5. The Balaban J connectivity index is 2.14. The van der Waals surface area contributed by atoms with Crippen LogP contribution in [0.3, 0.4) is 0 Å². The van der Waals surface area contributed by atoms with Gasteiger partial charge in [0.25, 0.3) is 5.91 Å². The summed E-state index contributed by atoms with van der Waals surface area (Å²) < 4.78 is 4.60. The Morgan fingerprint density at radius 1 is 1.56 bits per heavy atom. The molecule has 2 aromatic heterocycles. The molecule has 0 unspecified atom stereocenters. The van der Waals surface area contributed by atoms with Gasteiger partial charge in [-0.25, -0.2) is 0 Å². The van der Waals surface area contributed by atoms with E-state index in [4.69, 9.17) is 5.73 Å². The van der Waals surface area contributed by atoms with E-state index in [1.165, 1.54) is 12.5 Å². The van der Waals surface area contributed by atoms with E-state index in [1.54, 1.807) is 18.3 Å². The van der Waals surface area contributed by atoms with Crippen LogP contribution in [0, 0.1) is 0 Å². The molecule has 6 nitrogen and oxygen atoms in total. The second-order valence-corrected chi connectivity index (χ2v) is 3.11.